The number of anilines is 1. The second kappa shape index (κ2) is 13.0. The molecule has 0 bridgehead atoms. The molecule has 1 fully saturated rings. The Hall–Kier alpha value is -2.85. The molecule has 1 aromatic heterocycles. The van der Waals surface area contributed by atoms with E-state index < -0.39 is 24.1 Å². The number of pyridine rings is 1. The maximum atomic E-state index is 13.1. The number of nitrogens with one attached hydrogen (secondary N) is 1. The van der Waals surface area contributed by atoms with Crippen LogP contribution >= 0.6 is 0 Å². The fourth-order valence-electron chi connectivity index (χ4n) is 5.31. The third kappa shape index (κ3) is 8.08. The summed E-state index contributed by atoms with van der Waals surface area (Å²) in [5, 5.41) is 13.4. The maximum Gasteiger partial charge on any atom is 0.573 e. The Morgan fingerprint density at radius 1 is 1.21 bits per heavy atom. The molecular weight excluding hydrogens is 511 g/mol. The number of likely N-dealkylation sites (tertiary alicyclic amines) is 1. The number of unbranched alkanes of at least 4 members (excludes halogenated alkanes) is 2. The van der Waals surface area contributed by atoms with Crippen LogP contribution in [-0.4, -0.2) is 59.7 Å². The number of halogens is 3. The molecule has 3 heterocycles. The molecule has 0 spiro atoms. The summed E-state index contributed by atoms with van der Waals surface area (Å²) in [5.41, 5.74) is 3.13. The third-order valence-corrected chi connectivity index (χ3v) is 7.38. The second-order valence-electron chi connectivity index (χ2n) is 10.7. The number of rotatable bonds is 12. The molecule has 4 rings (SSSR count). The molecule has 1 saturated heterocycles. The molecule has 214 valence electrons. The highest BCUT2D eigenvalue weighted by molar-refractivity contribution is 5.77. The van der Waals surface area contributed by atoms with Crippen LogP contribution in [0.3, 0.4) is 0 Å². The van der Waals surface area contributed by atoms with Crippen molar-refractivity contribution < 1.29 is 32.5 Å². The van der Waals surface area contributed by atoms with Gasteiger partial charge in [-0.2, -0.15) is 0 Å². The number of carbonyl (C=O) groups is 1. The van der Waals surface area contributed by atoms with Crippen molar-refractivity contribution in [1.82, 2.24) is 9.88 Å². The van der Waals surface area contributed by atoms with E-state index in [4.69, 9.17) is 9.72 Å². The van der Waals surface area contributed by atoms with Gasteiger partial charge in [0.05, 0.1) is 6.10 Å². The number of aromatic nitrogens is 1. The Bertz CT molecular complexity index is 1130. The molecular formula is C29H38F3N3O4. The summed E-state index contributed by atoms with van der Waals surface area (Å²) in [6.45, 7) is 6.08. The number of hydrogen-bond acceptors (Lipinski definition) is 6. The fraction of sp³-hybridized carbons (Fsp3) is 0.586. The second-order valence-corrected chi connectivity index (χ2v) is 10.7. The first-order valence-electron chi connectivity index (χ1n) is 13.8. The van der Waals surface area contributed by atoms with Gasteiger partial charge < -0.3 is 19.9 Å². The summed E-state index contributed by atoms with van der Waals surface area (Å²) in [4.78, 5) is 18.7. The number of nitrogens with zero attached hydrogens (tertiary/aromatic N) is 2. The minimum Gasteiger partial charge on any atom is -0.480 e. The van der Waals surface area contributed by atoms with Gasteiger partial charge in [0, 0.05) is 37.5 Å². The van der Waals surface area contributed by atoms with Gasteiger partial charge in [-0.05, 0) is 73.8 Å². The Labute approximate surface area is 227 Å². The van der Waals surface area contributed by atoms with Gasteiger partial charge >= 0.3 is 12.3 Å². The Balaban J connectivity index is 1.28. The van der Waals surface area contributed by atoms with E-state index in [1.807, 2.05) is 13.8 Å². The highest BCUT2D eigenvalue weighted by Crippen LogP contribution is 2.37. The van der Waals surface area contributed by atoms with Crippen molar-refractivity contribution in [1.29, 1.82) is 0 Å². The summed E-state index contributed by atoms with van der Waals surface area (Å²) in [7, 11) is 0. The zero-order valence-corrected chi connectivity index (χ0v) is 22.6. The first-order chi connectivity index (χ1) is 18.6. The van der Waals surface area contributed by atoms with E-state index in [1.165, 1.54) is 17.7 Å². The lowest BCUT2D eigenvalue weighted by Crippen LogP contribution is -2.34. The maximum absolute atomic E-state index is 13.1. The zero-order chi connectivity index (χ0) is 28.0. The van der Waals surface area contributed by atoms with Crippen LogP contribution in [0.2, 0.25) is 0 Å². The summed E-state index contributed by atoms with van der Waals surface area (Å²) < 4.78 is 49.4. The third-order valence-electron chi connectivity index (χ3n) is 7.38. The summed E-state index contributed by atoms with van der Waals surface area (Å²) in [6.07, 6.45) is 1.53. The van der Waals surface area contributed by atoms with Crippen LogP contribution in [-0.2, 0) is 22.4 Å². The van der Waals surface area contributed by atoms with Crippen LogP contribution < -0.4 is 10.1 Å². The van der Waals surface area contributed by atoms with Crippen molar-refractivity contribution in [3.8, 4) is 5.75 Å². The summed E-state index contributed by atoms with van der Waals surface area (Å²) in [5.74, 6) is -0.657. The molecule has 0 radical (unpaired) electrons. The van der Waals surface area contributed by atoms with Crippen LogP contribution in [0.15, 0.2) is 30.3 Å². The lowest BCUT2D eigenvalue weighted by Gasteiger charge is -2.27. The first-order valence-corrected chi connectivity index (χ1v) is 13.8. The van der Waals surface area contributed by atoms with Gasteiger partial charge in [0.1, 0.15) is 17.6 Å². The Morgan fingerprint density at radius 2 is 2.03 bits per heavy atom. The molecule has 2 aliphatic heterocycles. The number of carboxylic acids is 1. The van der Waals surface area contributed by atoms with Gasteiger partial charge in [0.2, 0.25) is 0 Å². The van der Waals surface area contributed by atoms with Crippen molar-refractivity contribution in [2.24, 2.45) is 0 Å². The SMILES string of the molecule is CC(C)c1ccc(OC(F)(F)F)c(C(C(=O)O)N2CC[C@@H](OCCCCCc3ccc4c(n3)NCCC4)C2)c1. The molecule has 10 heteroatoms. The molecule has 39 heavy (non-hydrogen) atoms. The lowest BCUT2D eigenvalue weighted by atomic mass is 9.96. The molecule has 0 saturated carbocycles. The Kier molecular flexibility index (Phi) is 9.71. The zero-order valence-electron chi connectivity index (χ0n) is 22.6. The lowest BCUT2D eigenvalue weighted by molar-refractivity contribution is -0.275. The van der Waals surface area contributed by atoms with E-state index in [0.717, 1.165) is 62.1 Å². The molecule has 2 aliphatic rings. The minimum absolute atomic E-state index is 0.0117. The molecule has 0 aliphatic carbocycles. The van der Waals surface area contributed by atoms with Crippen molar-refractivity contribution in [2.45, 2.75) is 83.2 Å². The van der Waals surface area contributed by atoms with Crippen LogP contribution in [0, 0.1) is 0 Å². The van der Waals surface area contributed by atoms with Crippen LogP contribution in [0.4, 0.5) is 19.0 Å². The Morgan fingerprint density at radius 3 is 2.77 bits per heavy atom. The average molecular weight is 550 g/mol. The first kappa shape index (κ1) is 29.1. The summed E-state index contributed by atoms with van der Waals surface area (Å²) >= 11 is 0. The van der Waals surface area contributed by atoms with Gasteiger partial charge in [-0.15, -0.1) is 13.2 Å². The number of benzene rings is 1. The van der Waals surface area contributed by atoms with Gasteiger partial charge in [0.15, 0.2) is 0 Å². The quantitative estimate of drug-likeness (QED) is 0.310. The largest absolute Gasteiger partial charge is 0.573 e. The molecule has 2 aromatic rings. The highest BCUT2D eigenvalue weighted by Gasteiger charge is 2.39. The van der Waals surface area contributed by atoms with Crippen LogP contribution in [0.25, 0.3) is 0 Å². The standard InChI is InChI=1S/C29H38F3N3O4/c1-19(2)21-10-12-25(39-29(30,31)32)24(17-21)26(28(36)37)35-15-13-23(18-35)38-16-5-3-4-8-22-11-9-20-7-6-14-33-27(20)34-22/h9-12,17,19,23,26H,3-8,13-16,18H2,1-2H3,(H,33,34)(H,36,37)/t23-,26?/m1/s1. The number of hydrogen-bond donors (Lipinski definition) is 2. The number of carboxylic acid groups (broad SMARTS) is 1. The van der Waals surface area contributed by atoms with E-state index in [0.29, 0.717) is 26.1 Å². The molecule has 2 atom stereocenters. The van der Waals surface area contributed by atoms with Crippen LogP contribution in [0.5, 0.6) is 5.75 Å². The normalized spacial score (nSPS) is 18.6. The number of aryl methyl sites for hydroxylation is 2. The van der Waals surface area contributed by atoms with Crippen molar-refractivity contribution in [3.63, 3.8) is 0 Å². The van der Waals surface area contributed by atoms with Crippen LogP contribution in [0.1, 0.15) is 80.3 Å². The molecule has 0 amide bonds. The van der Waals surface area contributed by atoms with E-state index in [-0.39, 0.29) is 17.6 Å². The van der Waals surface area contributed by atoms with E-state index in [1.54, 1.807) is 11.0 Å². The number of alkyl halides is 3. The number of fused-ring (bicyclic) bond motifs is 1. The van der Waals surface area contributed by atoms with Gasteiger partial charge in [0.25, 0.3) is 0 Å². The predicted molar refractivity (Wildman–Crippen MR) is 142 cm³/mol. The summed E-state index contributed by atoms with van der Waals surface area (Å²) in [6, 6.07) is 7.30. The minimum atomic E-state index is -4.92. The molecule has 1 unspecified atom stereocenters. The van der Waals surface area contributed by atoms with Gasteiger partial charge in [-0.3, -0.25) is 9.69 Å². The number of aliphatic carboxylic acids is 1. The fourth-order valence-corrected chi connectivity index (χ4v) is 5.31. The molecule has 1 aromatic carbocycles. The van der Waals surface area contributed by atoms with E-state index in [2.05, 4.69) is 22.2 Å². The number of ether oxygens (including phenoxy) is 2. The average Bonchev–Trinajstić information content (AvgIpc) is 3.34. The highest BCUT2D eigenvalue weighted by atomic mass is 19.4. The van der Waals surface area contributed by atoms with E-state index >= 15 is 0 Å². The van der Waals surface area contributed by atoms with Gasteiger partial charge in [-0.25, -0.2) is 4.98 Å². The van der Waals surface area contributed by atoms with Crippen molar-refractivity contribution in [3.05, 3.63) is 52.7 Å². The van der Waals surface area contributed by atoms with Crippen molar-refractivity contribution in [2.75, 3.05) is 31.6 Å². The molecule has 7 nitrogen and oxygen atoms in total. The monoisotopic (exact) mass is 549 g/mol. The van der Waals surface area contributed by atoms with Crippen molar-refractivity contribution >= 4 is 11.8 Å². The smallest absolute Gasteiger partial charge is 0.480 e. The van der Waals surface area contributed by atoms with Gasteiger partial charge in [-0.1, -0.05) is 32.4 Å². The predicted octanol–water partition coefficient (Wildman–Crippen LogP) is 6.09. The topological polar surface area (TPSA) is 83.9 Å². The van der Waals surface area contributed by atoms with E-state index in [9.17, 15) is 23.1 Å². The molecule has 2 N–H and O–H groups in total.